The summed E-state index contributed by atoms with van der Waals surface area (Å²) < 4.78 is 18.1. The minimum Gasteiger partial charge on any atom is -0.452 e. The number of benzene rings is 1. The lowest BCUT2D eigenvalue weighted by Crippen LogP contribution is -2.46. The molecule has 0 bridgehead atoms. The largest absolute Gasteiger partial charge is 0.452 e. The highest BCUT2D eigenvalue weighted by molar-refractivity contribution is 6.30. The van der Waals surface area contributed by atoms with Crippen LogP contribution in [0.3, 0.4) is 0 Å². The maximum atomic E-state index is 13.4. The molecule has 0 saturated heterocycles. The zero-order chi connectivity index (χ0) is 16.7. The van der Waals surface area contributed by atoms with Crippen molar-refractivity contribution in [1.82, 2.24) is 10.6 Å². The SMILES string of the molecule is CCNC(=O)[C@H](C)NC(=O)COC(=O)c1cc(Cl)ccc1F. The molecule has 0 saturated carbocycles. The van der Waals surface area contributed by atoms with Crippen molar-refractivity contribution < 1.29 is 23.5 Å². The van der Waals surface area contributed by atoms with Crippen LogP contribution in [-0.4, -0.2) is 37.0 Å². The van der Waals surface area contributed by atoms with Gasteiger partial charge in [-0.2, -0.15) is 0 Å². The number of halogens is 2. The zero-order valence-electron chi connectivity index (χ0n) is 12.1. The average Bonchev–Trinajstić information content (AvgIpc) is 2.47. The molecule has 0 aliphatic rings. The monoisotopic (exact) mass is 330 g/mol. The Morgan fingerprint density at radius 1 is 1.36 bits per heavy atom. The van der Waals surface area contributed by atoms with E-state index >= 15 is 0 Å². The van der Waals surface area contributed by atoms with Gasteiger partial charge in [-0.25, -0.2) is 9.18 Å². The summed E-state index contributed by atoms with van der Waals surface area (Å²) >= 11 is 5.66. The van der Waals surface area contributed by atoms with Gasteiger partial charge in [0.25, 0.3) is 5.91 Å². The molecule has 22 heavy (non-hydrogen) atoms. The highest BCUT2D eigenvalue weighted by atomic mass is 35.5. The number of esters is 1. The number of nitrogens with one attached hydrogen (secondary N) is 2. The summed E-state index contributed by atoms with van der Waals surface area (Å²) in [5, 5.41) is 5.05. The Kier molecular flexibility index (Phi) is 6.78. The molecule has 2 N–H and O–H groups in total. The van der Waals surface area contributed by atoms with Crippen molar-refractivity contribution in [1.29, 1.82) is 0 Å². The standard InChI is InChI=1S/C14H16ClFN2O4/c1-3-17-13(20)8(2)18-12(19)7-22-14(21)10-6-9(15)4-5-11(10)16/h4-6,8H,3,7H2,1-2H3,(H,17,20)(H,18,19)/t8-/m0/s1. The Labute approximate surface area is 132 Å². The summed E-state index contributed by atoms with van der Waals surface area (Å²) in [7, 11) is 0. The van der Waals surface area contributed by atoms with Crippen molar-refractivity contribution in [2.24, 2.45) is 0 Å². The number of carbonyl (C=O) groups is 3. The molecule has 0 unspecified atom stereocenters. The molecular weight excluding hydrogens is 315 g/mol. The topological polar surface area (TPSA) is 84.5 Å². The van der Waals surface area contributed by atoms with E-state index in [0.717, 1.165) is 12.1 Å². The van der Waals surface area contributed by atoms with E-state index in [0.29, 0.717) is 6.54 Å². The second-order valence-electron chi connectivity index (χ2n) is 4.38. The molecule has 2 amide bonds. The van der Waals surface area contributed by atoms with Crippen molar-refractivity contribution in [3.05, 3.63) is 34.6 Å². The smallest absolute Gasteiger partial charge is 0.341 e. The maximum Gasteiger partial charge on any atom is 0.341 e. The zero-order valence-corrected chi connectivity index (χ0v) is 12.9. The van der Waals surface area contributed by atoms with Gasteiger partial charge in [-0.1, -0.05) is 11.6 Å². The molecule has 0 fully saturated rings. The van der Waals surface area contributed by atoms with Crippen LogP contribution >= 0.6 is 11.6 Å². The van der Waals surface area contributed by atoms with E-state index in [2.05, 4.69) is 15.4 Å². The van der Waals surface area contributed by atoms with Crippen LogP contribution in [0.15, 0.2) is 18.2 Å². The Morgan fingerprint density at radius 2 is 2.05 bits per heavy atom. The number of hydrogen-bond donors (Lipinski definition) is 2. The van der Waals surface area contributed by atoms with Crippen molar-refractivity contribution >= 4 is 29.4 Å². The highest BCUT2D eigenvalue weighted by Crippen LogP contribution is 2.15. The van der Waals surface area contributed by atoms with Crippen LogP contribution in [0.25, 0.3) is 0 Å². The van der Waals surface area contributed by atoms with Gasteiger partial charge in [0.2, 0.25) is 5.91 Å². The fourth-order valence-electron chi connectivity index (χ4n) is 1.54. The summed E-state index contributed by atoms with van der Waals surface area (Å²) in [4.78, 5) is 34.6. The molecular formula is C14H16ClFN2O4. The van der Waals surface area contributed by atoms with E-state index in [9.17, 15) is 18.8 Å². The van der Waals surface area contributed by atoms with E-state index in [-0.39, 0.29) is 16.5 Å². The molecule has 0 aliphatic carbocycles. The van der Waals surface area contributed by atoms with Crippen LogP contribution in [0.2, 0.25) is 5.02 Å². The Morgan fingerprint density at radius 3 is 2.68 bits per heavy atom. The first-order valence-electron chi connectivity index (χ1n) is 6.54. The molecule has 1 aromatic rings. The van der Waals surface area contributed by atoms with Gasteiger partial charge in [-0.15, -0.1) is 0 Å². The molecule has 8 heteroatoms. The lowest BCUT2D eigenvalue weighted by atomic mass is 10.2. The molecule has 0 heterocycles. The lowest BCUT2D eigenvalue weighted by molar-refractivity contribution is -0.130. The van der Waals surface area contributed by atoms with E-state index in [1.165, 1.54) is 13.0 Å². The van der Waals surface area contributed by atoms with E-state index in [1.54, 1.807) is 6.92 Å². The minimum atomic E-state index is -1.01. The summed E-state index contributed by atoms with van der Waals surface area (Å²) in [6, 6.07) is 2.65. The summed E-state index contributed by atoms with van der Waals surface area (Å²) in [5.74, 6) is -2.84. The fraction of sp³-hybridized carbons (Fsp3) is 0.357. The predicted octanol–water partition coefficient (Wildman–Crippen LogP) is 1.28. The van der Waals surface area contributed by atoms with Crippen molar-refractivity contribution in [3.8, 4) is 0 Å². The second-order valence-corrected chi connectivity index (χ2v) is 4.82. The summed E-state index contributed by atoms with van der Waals surface area (Å²) in [6.45, 7) is 3.03. The number of ether oxygens (including phenoxy) is 1. The minimum absolute atomic E-state index is 0.169. The number of hydrogen-bond acceptors (Lipinski definition) is 4. The first-order chi connectivity index (χ1) is 10.3. The van der Waals surface area contributed by atoms with Crippen LogP contribution in [-0.2, 0) is 14.3 Å². The maximum absolute atomic E-state index is 13.4. The van der Waals surface area contributed by atoms with Gasteiger partial charge in [0.15, 0.2) is 6.61 Å². The molecule has 1 rings (SSSR count). The third kappa shape index (κ3) is 5.33. The second kappa shape index (κ2) is 8.33. The lowest BCUT2D eigenvalue weighted by Gasteiger charge is -2.13. The predicted molar refractivity (Wildman–Crippen MR) is 78.0 cm³/mol. The Hall–Kier alpha value is -2.15. The quantitative estimate of drug-likeness (QED) is 0.769. The van der Waals surface area contributed by atoms with Gasteiger partial charge in [0.05, 0.1) is 5.56 Å². The van der Waals surface area contributed by atoms with Crippen LogP contribution < -0.4 is 10.6 Å². The average molecular weight is 331 g/mol. The Balaban J connectivity index is 2.52. The van der Waals surface area contributed by atoms with Crippen LogP contribution in [0.4, 0.5) is 4.39 Å². The number of amides is 2. The summed E-state index contributed by atoms with van der Waals surface area (Å²) in [6.07, 6.45) is 0. The van der Waals surface area contributed by atoms with E-state index in [4.69, 9.17) is 11.6 Å². The molecule has 1 aromatic carbocycles. The third-order valence-corrected chi connectivity index (χ3v) is 2.84. The van der Waals surface area contributed by atoms with Crippen LogP contribution in [0.1, 0.15) is 24.2 Å². The molecule has 6 nitrogen and oxygen atoms in total. The summed E-state index contributed by atoms with van der Waals surface area (Å²) in [5.41, 5.74) is -0.364. The van der Waals surface area contributed by atoms with Crippen molar-refractivity contribution in [2.75, 3.05) is 13.2 Å². The first kappa shape index (κ1) is 17.9. The van der Waals surface area contributed by atoms with E-state index in [1.807, 2.05) is 0 Å². The third-order valence-electron chi connectivity index (χ3n) is 2.60. The number of rotatable bonds is 6. The molecule has 0 aromatic heterocycles. The Bertz CT molecular complexity index is 580. The number of likely N-dealkylation sites (N-methyl/N-ethyl adjacent to an activating group) is 1. The normalized spacial score (nSPS) is 11.5. The van der Waals surface area contributed by atoms with Crippen LogP contribution in [0, 0.1) is 5.82 Å². The molecule has 120 valence electrons. The highest BCUT2D eigenvalue weighted by Gasteiger charge is 2.18. The molecule has 0 radical (unpaired) electrons. The molecule has 0 spiro atoms. The van der Waals surface area contributed by atoms with Crippen molar-refractivity contribution in [2.45, 2.75) is 19.9 Å². The molecule has 1 atom stereocenters. The van der Waals surface area contributed by atoms with Gasteiger partial charge in [0, 0.05) is 11.6 Å². The fourth-order valence-corrected chi connectivity index (χ4v) is 1.71. The van der Waals surface area contributed by atoms with Gasteiger partial charge in [-0.05, 0) is 32.0 Å². The number of carbonyl (C=O) groups excluding carboxylic acids is 3. The van der Waals surface area contributed by atoms with Gasteiger partial charge in [0.1, 0.15) is 11.9 Å². The van der Waals surface area contributed by atoms with Gasteiger partial charge in [-0.3, -0.25) is 9.59 Å². The van der Waals surface area contributed by atoms with Crippen molar-refractivity contribution in [3.63, 3.8) is 0 Å². The van der Waals surface area contributed by atoms with E-state index < -0.39 is 30.3 Å². The van der Waals surface area contributed by atoms with Gasteiger partial charge >= 0.3 is 5.97 Å². The first-order valence-corrected chi connectivity index (χ1v) is 6.92. The van der Waals surface area contributed by atoms with Gasteiger partial charge < -0.3 is 15.4 Å². The molecule has 0 aliphatic heterocycles. The van der Waals surface area contributed by atoms with Crippen LogP contribution in [0.5, 0.6) is 0 Å².